The molecular weight excluding hydrogens is 362 g/mol. The van der Waals surface area contributed by atoms with Crippen LogP contribution in [0.4, 0.5) is 5.69 Å². The molecule has 0 saturated heterocycles. The third-order valence-corrected chi connectivity index (χ3v) is 4.97. The van der Waals surface area contributed by atoms with E-state index in [1.54, 1.807) is 43.6 Å². The first-order valence-electron chi connectivity index (χ1n) is 7.63. The highest BCUT2D eigenvalue weighted by atomic mass is 35.5. The molecule has 25 heavy (non-hydrogen) atoms. The van der Waals surface area contributed by atoms with Crippen LogP contribution in [0.3, 0.4) is 0 Å². The number of nitrogens with one attached hydrogen (secondary N) is 1. The molecule has 0 aliphatic heterocycles. The predicted molar refractivity (Wildman–Crippen MR) is 98.4 cm³/mol. The van der Waals surface area contributed by atoms with Crippen molar-refractivity contribution >= 4 is 46.2 Å². The van der Waals surface area contributed by atoms with E-state index in [1.807, 2.05) is 6.92 Å². The van der Waals surface area contributed by atoms with Gasteiger partial charge in [0, 0.05) is 11.9 Å². The van der Waals surface area contributed by atoms with E-state index >= 15 is 0 Å². The molecule has 0 bridgehead atoms. The third-order valence-electron chi connectivity index (χ3n) is 3.47. The van der Waals surface area contributed by atoms with E-state index in [-0.39, 0.29) is 11.2 Å². The van der Waals surface area contributed by atoms with Crippen LogP contribution >= 0.6 is 23.4 Å². The van der Waals surface area contributed by atoms with Gasteiger partial charge in [-0.25, -0.2) is 4.98 Å². The molecule has 0 aliphatic carbocycles. The standard InChI is InChI=1S/C17H16ClN3O3S/c1-3-14(25-17-21-15-13(24-17)5-4-8-19-15)16(22)20-10-6-7-12(23-2)11(18)9-10/h4-9,14H,3H2,1-2H3,(H,20,22). The summed E-state index contributed by atoms with van der Waals surface area (Å²) in [5, 5.41) is 3.36. The number of hydrogen-bond acceptors (Lipinski definition) is 6. The molecule has 1 amide bonds. The SMILES string of the molecule is CCC(Sc1nc2ncccc2o1)C(=O)Nc1ccc(OC)c(Cl)c1. The predicted octanol–water partition coefficient (Wildman–Crippen LogP) is 4.39. The quantitative estimate of drug-likeness (QED) is 0.642. The summed E-state index contributed by atoms with van der Waals surface area (Å²) in [5.41, 5.74) is 1.73. The van der Waals surface area contributed by atoms with Crippen molar-refractivity contribution in [2.75, 3.05) is 12.4 Å². The number of carbonyl (C=O) groups is 1. The van der Waals surface area contributed by atoms with Gasteiger partial charge in [0.2, 0.25) is 5.91 Å². The minimum atomic E-state index is -0.353. The molecular formula is C17H16ClN3O3S. The van der Waals surface area contributed by atoms with Gasteiger partial charge in [0.15, 0.2) is 11.2 Å². The first kappa shape index (κ1) is 17.6. The van der Waals surface area contributed by atoms with Crippen molar-refractivity contribution in [2.45, 2.75) is 23.8 Å². The Morgan fingerprint density at radius 3 is 2.96 bits per heavy atom. The second kappa shape index (κ2) is 7.76. The van der Waals surface area contributed by atoms with E-state index in [9.17, 15) is 4.79 Å². The Balaban J connectivity index is 1.71. The zero-order chi connectivity index (χ0) is 17.8. The lowest BCUT2D eigenvalue weighted by atomic mass is 10.2. The van der Waals surface area contributed by atoms with Gasteiger partial charge in [-0.15, -0.1) is 0 Å². The van der Waals surface area contributed by atoms with Crippen LogP contribution in [0, 0.1) is 0 Å². The van der Waals surface area contributed by atoms with Gasteiger partial charge < -0.3 is 14.5 Å². The number of hydrogen-bond donors (Lipinski definition) is 1. The summed E-state index contributed by atoms with van der Waals surface area (Å²) >= 11 is 7.35. The first-order valence-corrected chi connectivity index (χ1v) is 8.89. The normalized spacial score (nSPS) is 12.1. The van der Waals surface area contributed by atoms with Crippen molar-refractivity contribution < 1.29 is 13.9 Å². The summed E-state index contributed by atoms with van der Waals surface area (Å²) in [5.74, 6) is 0.406. The van der Waals surface area contributed by atoms with Crippen molar-refractivity contribution in [1.29, 1.82) is 0 Å². The second-order valence-corrected chi connectivity index (χ2v) is 6.72. The average molecular weight is 378 g/mol. The second-order valence-electron chi connectivity index (χ2n) is 5.16. The van der Waals surface area contributed by atoms with E-state index in [2.05, 4.69) is 15.3 Å². The zero-order valence-corrected chi connectivity index (χ0v) is 15.2. The number of anilines is 1. The van der Waals surface area contributed by atoms with Crippen LogP contribution in [-0.4, -0.2) is 28.2 Å². The molecule has 1 atom stereocenters. The average Bonchev–Trinajstić information content (AvgIpc) is 3.02. The minimum absolute atomic E-state index is 0.149. The van der Waals surface area contributed by atoms with Crippen LogP contribution in [0.2, 0.25) is 5.02 Å². The highest BCUT2D eigenvalue weighted by Gasteiger charge is 2.21. The highest BCUT2D eigenvalue weighted by molar-refractivity contribution is 8.00. The van der Waals surface area contributed by atoms with Crippen LogP contribution in [-0.2, 0) is 4.79 Å². The Morgan fingerprint density at radius 2 is 2.28 bits per heavy atom. The van der Waals surface area contributed by atoms with Gasteiger partial charge >= 0.3 is 0 Å². The summed E-state index contributed by atoms with van der Waals surface area (Å²) in [4.78, 5) is 21.0. The summed E-state index contributed by atoms with van der Waals surface area (Å²) < 4.78 is 10.7. The van der Waals surface area contributed by atoms with Crippen molar-refractivity contribution in [3.8, 4) is 5.75 Å². The molecule has 6 nitrogen and oxygen atoms in total. The maximum atomic E-state index is 12.5. The number of methoxy groups -OCH3 is 1. The molecule has 0 fully saturated rings. The van der Waals surface area contributed by atoms with Crippen LogP contribution in [0.5, 0.6) is 5.75 Å². The lowest BCUT2D eigenvalue weighted by Crippen LogP contribution is -2.24. The van der Waals surface area contributed by atoms with Gasteiger partial charge in [-0.2, -0.15) is 4.98 Å². The van der Waals surface area contributed by atoms with Gasteiger partial charge in [-0.3, -0.25) is 4.79 Å². The fourth-order valence-corrected chi connectivity index (χ4v) is 3.32. The summed E-state index contributed by atoms with van der Waals surface area (Å²) in [7, 11) is 1.54. The lowest BCUT2D eigenvalue weighted by Gasteiger charge is -2.13. The van der Waals surface area contributed by atoms with Gasteiger partial charge in [0.25, 0.3) is 5.22 Å². The summed E-state index contributed by atoms with van der Waals surface area (Å²) in [6.07, 6.45) is 2.27. The van der Waals surface area contributed by atoms with E-state index in [4.69, 9.17) is 20.8 Å². The summed E-state index contributed by atoms with van der Waals surface area (Å²) in [6.45, 7) is 1.93. The molecule has 0 saturated carbocycles. The molecule has 3 rings (SSSR count). The van der Waals surface area contributed by atoms with Crippen molar-refractivity contribution in [2.24, 2.45) is 0 Å². The topological polar surface area (TPSA) is 77.2 Å². The fraction of sp³-hybridized carbons (Fsp3) is 0.235. The maximum absolute atomic E-state index is 12.5. The number of rotatable bonds is 6. The molecule has 130 valence electrons. The third kappa shape index (κ3) is 4.05. The smallest absolute Gasteiger partial charge is 0.259 e. The molecule has 0 radical (unpaired) electrons. The molecule has 0 aliphatic rings. The number of carbonyl (C=O) groups excluding carboxylic acids is 1. The number of benzene rings is 1. The van der Waals surface area contributed by atoms with E-state index in [0.29, 0.717) is 39.3 Å². The molecule has 2 heterocycles. The number of fused-ring (bicyclic) bond motifs is 1. The molecule has 1 unspecified atom stereocenters. The zero-order valence-electron chi connectivity index (χ0n) is 13.7. The molecule has 0 spiro atoms. The largest absolute Gasteiger partial charge is 0.495 e. The number of halogens is 1. The maximum Gasteiger partial charge on any atom is 0.259 e. The molecule has 2 aromatic heterocycles. The lowest BCUT2D eigenvalue weighted by molar-refractivity contribution is -0.115. The van der Waals surface area contributed by atoms with Gasteiger partial charge in [-0.1, -0.05) is 30.3 Å². The van der Waals surface area contributed by atoms with E-state index in [1.165, 1.54) is 11.8 Å². The van der Waals surface area contributed by atoms with Crippen LogP contribution in [0.25, 0.3) is 11.2 Å². The van der Waals surface area contributed by atoms with Gasteiger partial charge in [0.05, 0.1) is 17.4 Å². The number of oxazole rings is 1. The van der Waals surface area contributed by atoms with E-state index in [0.717, 1.165) is 0 Å². The summed E-state index contributed by atoms with van der Waals surface area (Å²) in [6, 6.07) is 8.67. The molecule has 8 heteroatoms. The van der Waals surface area contributed by atoms with Crippen LogP contribution in [0.1, 0.15) is 13.3 Å². The number of ether oxygens (including phenoxy) is 1. The fourth-order valence-electron chi connectivity index (χ4n) is 2.21. The Kier molecular flexibility index (Phi) is 5.45. The highest BCUT2D eigenvalue weighted by Crippen LogP contribution is 2.30. The van der Waals surface area contributed by atoms with Gasteiger partial charge in [0.1, 0.15) is 5.75 Å². The number of nitrogens with zero attached hydrogens (tertiary/aromatic N) is 2. The molecule has 1 N–H and O–H groups in total. The monoisotopic (exact) mass is 377 g/mol. The Hall–Kier alpha value is -2.25. The number of aromatic nitrogens is 2. The Bertz CT molecular complexity index is 867. The Morgan fingerprint density at radius 1 is 1.44 bits per heavy atom. The Labute approximate surface area is 153 Å². The number of pyridine rings is 1. The molecule has 1 aromatic carbocycles. The van der Waals surface area contributed by atoms with Crippen LogP contribution in [0.15, 0.2) is 46.2 Å². The van der Waals surface area contributed by atoms with Crippen molar-refractivity contribution in [3.05, 3.63) is 41.6 Å². The van der Waals surface area contributed by atoms with Gasteiger partial charge in [-0.05, 0) is 36.8 Å². The molecule has 3 aromatic rings. The minimum Gasteiger partial charge on any atom is -0.495 e. The van der Waals surface area contributed by atoms with E-state index < -0.39 is 0 Å². The first-order chi connectivity index (χ1) is 12.1. The number of thioether (sulfide) groups is 1. The van der Waals surface area contributed by atoms with Crippen LogP contribution < -0.4 is 10.1 Å². The van der Waals surface area contributed by atoms with Crippen molar-refractivity contribution in [1.82, 2.24) is 9.97 Å². The van der Waals surface area contributed by atoms with Crippen molar-refractivity contribution in [3.63, 3.8) is 0 Å². The number of amides is 1.